The molecule has 1 saturated carbocycles. The minimum atomic E-state index is 0.291. The number of hydrogen-bond donors (Lipinski definition) is 1. The average Bonchev–Trinajstić information content (AvgIpc) is 3.01. The van der Waals surface area contributed by atoms with Crippen LogP contribution in [0.3, 0.4) is 0 Å². The Hall–Kier alpha value is -1.36. The highest BCUT2D eigenvalue weighted by Crippen LogP contribution is 2.40. The summed E-state index contributed by atoms with van der Waals surface area (Å²) >= 11 is 5.98. The number of halogens is 1. The Bertz CT molecular complexity index is 583. The fourth-order valence-corrected chi connectivity index (χ4v) is 3.61. The van der Waals surface area contributed by atoms with E-state index in [2.05, 4.69) is 25.1 Å². The molecule has 0 aromatic carbocycles. The van der Waals surface area contributed by atoms with Gasteiger partial charge in [0.05, 0.1) is 11.6 Å². The third-order valence-corrected chi connectivity index (χ3v) is 4.46. The molecule has 2 aromatic rings. The number of rotatable bonds is 1. The molecule has 4 rings (SSSR count). The van der Waals surface area contributed by atoms with Gasteiger partial charge in [0.1, 0.15) is 5.82 Å². The van der Waals surface area contributed by atoms with Crippen molar-refractivity contribution in [2.24, 2.45) is 11.8 Å². The number of nitrogens with zero attached hydrogens (tertiary/aromatic N) is 4. The first-order valence-electron chi connectivity index (χ1n) is 6.43. The van der Waals surface area contributed by atoms with E-state index in [1.54, 1.807) is 6.20 Å². The van der Waals surface area contributed by atoms with Crippen molar-refractivity contribution in [1.82, 2.24) is 20.2 Å². The number of aromatic nitrogens is 4. The Morgan fingerprint density at radius 1 is 1.22 bits per heavy atom. The van der Waals surface area contributed by atoms with E-state index in [-0.39, 0.29) is 0 Å². The van der Waals surface area contributed by atoms with Gasteiger partial charge in [0, 0.05) is 13.1 Å². The van der Waals surface area contributed by atoms with Gasteiger partial charge in [0.15, 0.2) is 5.65 Å². The topological polar surface area (TPSA) is 57.7 Å². The van der Waals surface area contributed by atoms with Crippen LogP contribution < -0.4 is 4.90 Å². The number of nitrogens with one attached hydrogen (secondary N) is 1. The van der Waals surface area contributed by atoms with Gasteiger partial charge in [-0.25, -0.2) is 0 Å². The highest BCUT2D eigenvalue weighted by Gasteiger charge is 2.37. The number of aromatic amines is 1. The lowest BCUT2D eigenvalue weighted by molar-refractivity contribution is 0.494. The van der Waals surface area contributed by atoms with Crippen LogP contribution >= 0.6 is 11.6 Å². The molecular formula is C12H14ClN5. The first-order valence-corrected chi connectivity index (χ1v) is 6.80. The Morgan fingerprint density at radius 3 is 2.78 bits per heavy atom. The molecular weight excluding hydrogens is 250 g/mol. The van der Waals surface area contributed by atoms with E-state index in [1.807, 2.05) is 0 Å². The van der Waals surface area contributed by atoms with Gasteiger partial charge < -0.3 is 4.90 Å². The molecule has 2 fully saturated rings. The highest BCUT2D eigenvalue weighted by molar-refractivity contribution is 6.28. The predicted octanol–water partition coefficient (Wildman–Crippen LogP) is 2.24. The van der Waals surface area contributed by atoms with E-state index < -0.39 is 0 Å². The first kappa shape index (κ1) is 10.6. The lowest BCUT2D eigenvalue weighted by Gasteiger charge is -2.18. The summed E-state index contributed by atoms with van der Waals surface area (Å²) in [6.07, 6.45) is 5.88. The maximum absolute atomic E-state index is 5.98. The molecule has 0 unspecified atom stereocenters. The SMILES string of the molecule is Clc1nc(N2C[C@H]3CCC[C@H]3C2)c2cn[nH]c2n1. The van der Waals surface area contributed by atoms with Gasteiger partial charge in [0.25, 0.3) is 0 Å². The summed E-state index contributed by atoms with van der Waals surface area (Å²) < 4.78 is 0. The molecule has 2 aromatic heterocycles. The highest BCUT2D eigenvalue weighted by atomic mass is 35.5. The summed E-state index contributed by atoms with van der Waals surface area (Å²) in [6, 6.07) is 0. The molecule has 2 aliphatic rings. The lowest BCUT2D eigenvalue weighted by Crippen LogP contribution is -2.22. The van der Waals surface area contributed by atoms with Crippen LogP contribution in [0.4, 0.5) is 5.82 Å². The average molecular weight is 264 g/mol. The van der Waals surface area contributed by atoms with Gasteiger partial charge in [-0.3, -0.25) is 5.10 Å². The first-order chi connectivity index (χ1) is 8.81. The van der Waals surface area contributed by atoms with Crippen LogP contribution in [0, 0.1) is 11.8 Å². The predicted molar refractivity (Wildman–Crippen MR) is 69.7 cm³/mol. The fraction of sp³-hybridized carbons (Fsp3) is 0.583. The fourth-order valence-electron chi connectivity index (χ4n) is 3.44. The van der Waals surface area contributed by atoms with Crippen LogP contribution in [0.2, 0.25) is 5.28 Å². The third kappa shape index (κ3) is 1.50. The zero-order valence-electron chi connectivity index (χ0n) is 9.93. The van der Waals surface area contributed by atoms with E-state index in [4.69, 9.17) is 11.6 Å². The van der Waals surface area contributed by atoms with Crippen molar-refractivity contribution in [1.29, 1.82) is 0 Å². The Kier molecular flexibility index (Phi) is 2.24. The van der Waals surface area contributed by atoms with Crippen molar-refractivity contribution in [2.45, 2.75) is 19.3 Å². The van der Waals surface area contributed by atoms with Crippen molar-refractivity contribution >= 4 is 28.5 Å². The number of hydrogen-bond acceptors (Lipinski definition) is 4. The summed E-state index contributed by atoms with van der Waals surface area (Å²) in [5, 5.41) is 8.16. The second-order valence-corrected chi connectivity index (χ2v) is 5.64. The maximum Gasteiger partial charge on any atom is 0.226 e. The van der Waals surface area contributed by atoms with Gasteiger partial charge in [-0.05, 0) is 36.3 Å². The van der Waals surface area contributed by atoms with Crippen LogP contribution in [0.25, 0.3) is 11.0 Å². The second kappa shape index (κ2) is 3.82. The molecule has 6 heteroatoms. The van der Waals surface area contributed by atoms with Gasteiger partial charge in [-0.15, -0.1) is 0 Å². The van der Waals surface area contributed by atoms with E-state index in [9.17, 15) is 0 Å². The van der Waals surface area contributed by atoms with E-state index in [1.165, 1.54) is 19.3 Å². The van der Waals surface area contributed by atoms with Crippen LogP contribution in [0.5, 0.6) is 0 Å². The Balaban J connectivity index is 1.76. The quantitative estimate of drug-likeness (QED) is 0.802. The van der Waals surface area contributed by atoms with Gasteiger partial charge in [-0.1, -0.05) is 6.42 Å². The molecule has 0 radical (unpaired) electrons. The Morgan fingerprint density at radius 2 is 2.00 bits per heavy atom. The summed E-state index contributed by atoms with van der Waals surface area (Å²) in [4.78, 5) is 10.9. The molecule has 1 saturated heterocycles. The summed E-state index contributed by atoms with van der Waals surface area (Å²) in [5.41, 5.74) is 0.724. The zero-order valence-corrected chi connectivity index (χ0v) is 10.7. The van der Waals surface area contributed by atoms with Crippen molar-refractivity contribution in [2.75, 3.05) is 18.0 Å². The van der Waals surface area contributed by atoms with Crippen LogP contribution in [-0.2, 0) is 0 Å². The lowest BCUT2D eigenvalue weighted by atomic mass is 10.0. The Labute approximate surface area is 110 Å². The summed E-state index contributed by atoms with van der Waals surface area (Å²) in [5.74, 6) is 2.61. The number of anilines is 1. The number of fused-ring (bicyclic) bond motifs is 2. The normalized spacial score (nSPS) is 27.1. The van der Waals surface area contributed by atoms with Gasteiger partial charge in [-0.2, -0.15) is 15.1 Å². The molecule has 1 aliphatic carbocycles. The van der Waals surface area contributed by atoms with E-state index in [0.29, 0.717) is 5.28 Å². The molecule has 0 bridgehead atoms. The van der Waals surface area contributed by atoms with Crippen molar-refractivity contribution < 1.29 is 0 Å². The molecule has 1 N–H and O–H groups in total. The van der Waals surface area contributed by atoms with Crippen LogP contribution in [0.1, 0.15) is 19.3 Å². The molecule has 3 heterocycles. The van der Waals surface area contributed by atoms with E-state index >= 15 is 0 Å². The monoisotopic (exact) mass is 263 g/mol. The van der Waals surface area contributed by atoms with Crippen molar-refractivity contribution in [3.63, 3.8) is 0 Å². The summed E-state index contributed by atoms with van der Waals surface area (Å²) in [7, 11) is 0. The smallest absolute Gasteiger partial charge is 0.226 e. The molecule has 0 amide bonds. The van der Waals surface area contributed by atoms with Crippen molar-refractivity contribution in [3.05, 3.63) is 11.5 Å². The maximum atomic E-state index is 5.98. The van der Waals surface area contributed by atoms with Crippen LogP contribution in [-0.4, -0.2) is 33.3 Å². The molecule has 5 nitrogen and oxygen atoms in total. The molecule has 94 valence electrons. The minimum Gasteiger partial charge on any atom is -0.355 e. The molecule has 2 atom stereocenters. The molecule has 1 aliphatic heterocycles. The molecule has 18 heavy (non-hydrogen) atoms. The summed E-state index contributed by atoms with van der Waals surface area (Å²) in [6.45, 7) is 2.19. The van der Waals surface area contributed by atoms with Crippen molar-refractivity contribution in [3.8, 4) is 0 Å². The van der Waals surface area contributed by atoms with Crippen LogP contribution in [0.15, 0.2) is 6.20 Å². The van der Waals surface area contributed by atoms with E-state index in [0.717, 1.165) is 41.8 Å². The second-order valence-electron chi connectivity index (χ2n) is 5.30. The van der Waals surface area contributed by atoms with Gasteiger partial charge >= 0.3 is 0 Å². The largest absolute Gasteiger partial charge is 0.355 e. The minimum absolute atomic E-state index is 0.291. The third-order valence-electron chi connectivity index (χ3n) is 4.29. The number of H-pyrrole nitrogens is 1. The molecule has 0 spiro atoms. The standard InChI is InChI=1S/C12H14ClN5/c13-12-15-10-9(4-14-17-10)11(16-12)18-5-7-2-1-3-8(7)6-18/h4,7-8H,1-3,5-6H2,(H,14,15,16,17)/t7-,8+. The zero-order chi connectivity index (χ0) is 12.1. The van der Waals surface area contributed by atoms with Gasteiger partial charge in [0.2, 0.25) is 5.28 Å².